The Kier molecular flexibility index (Phi) is 4.99. The van der Waals surface area contributed by atoms with Crippen molar-refractivity contribution in [3.05, 3.63) is 89.1 Å². The molecule has 5 heteroatoms. The Morgan fingerprint density at radius 2 is 1.76 bits per heavy atom. The minimum atomic E-state index is -0.0529. The molecule has 1 heterocycles. The fraction of sp³-hybridized carbons (Fsp3) is 0.286. The molecule has 0 radical (unpaired) electrons. The Labute approximate surface area is 198 Å². The fourth-order valence-corrected chi connectivity index (χ4v) is 5.76. The summed E-state index contributed by atoms with van der Waals surface area (Å²) in [5, 5.41) is 9.28. The molecule has 0 bridgehead atoms. The molecule has 33 heavy (non-hydrogen) atoms. The van der Waals surface area contributed by atoms with Crippen molar-refractivity contribution in [3.63, 3.8) is 0 Å². The summed E-state index contributed by atoms with van der Waals surface area (Å²) in [6, 6.07) is 22.8. The Morgan fingerprint density at radius 3 is 2.45 bits per heavy atom. The summed E-state index contributed by atoms with van der Waals surface area (Å²) in [4.78, 5) is 13.2. The number of nitrogens with one attached hydrogen (secondary N) is 1. The highest BCUT2D eigenvalue weighted by molar-refractivity contribution is 6.32. The zero-order valence-corrected chi connectivity index (χ0v) is 19.2. The van der Waals surface area contributed by atoms with E-state index < -0.39 is 0 Å². The van der Waals surface area contributed by atoms with Gasteiger partial charge in [0.05, 0.1) is 23.8 Å². The van der Waals surface area contributed by atoms with E-state index in [1.807, 2.05) is 28.9 Å². The zero-order valence-electron chi connectivity index (χ0n) is 18.4. The number of aromatic nitrogens is 2. The van der Waals surface area contributed by atoms with E-state index in [1.165, 1.54) is 30.4 Å². The third-order valence-corrected chi connectivity index (χ3v) is 7.66. The first-order valence-electron chi connectivity index (χ1n) is 11.7. The molecular formula is C28H26ClN3O. The molecule has 4 nitrogen and oxygen atoms in total. The number of carbonyl (C=O) groups is 1. The first kappa shape index (κ1) is 20.5. The molecule has 1 N–H and O–H groups in total. The van der Waals surface area contributed by atoms with Gasteiger partial charge in [0.15, 0.2) is 0 Å². The van der Waals surface area contributed by atoms with Gasteiger partial charge in [0.1, 0.15) is 0 Å². The summed E-state index contributed by atoms with van der Waals surface area (Å²) in [7, 11) is 0. The molecule has 166 valence electrons. The van der Waals surface area contributed by atoms with E-state index in [1.54, 1.807) is 12.3 Å². The summed E-state index contributed by atoms with van der Waals surface area (Å²) in [6.07, 6.45) is 7.97. The van der Waals surface area contributed by atoms with Gasteiger partial charge in [0.2, 0.25) is 0 Å². The number of amides is 1. The van der Waals surface area contributed by atoms with Gasteiger partial charge in [0.25, 0.3) is 5.91 Å². The van der Waals surface area contributed by atoms with Gasteiger partial charge < -0.3 is 5.32 Å². The van der Waals surface area contributed by atoms with Crippen LogP contribution in [0, 0.1) is 5.41 Å². The summed E-state index contributed by atoms with van der Waals surface area (Å²) in [5.41, 5.74) is 5.47. The van der Waals surface area contributed by atoms with Gasteiger partial charge in [-0.05, 0) is 59.9 Å². The van der Waals surface area contributed by atoms with Crippen molar-refractivity contribution < 1.29 is 4.79 Å². The Morgan fingerprint density at radius 1 is 1.03 bits per heavy atom. The maximum atomic E-state index is 13.2. The molecule has 4 aromatic rings. The number of halogens is 1. The number of rotatable bonds is 5. The minimum Gasteiger partial charge on any atom is -0.349 e. The van der Waals surface area contributed by atoms with Crippen molar-refractivity contribution in [1.29, 1.82) is 0 Å². The Hall–Kier alpha value is -3.11. The van der Waals surface area contributed by atoms with E-state index in [4.69, 9.17) is 11.6 Å². The first-order chi connectivity index (χ1) is 16.1. The number of hydrogen-bond donors (Lipinski definition) is 1. The van der Waals surface area contributed by atoms with Crippen molar-refractivity contribution in [2.75, 3.05) is 0 Å². The molecule has 1 spiro atoms. The summed E-state index contributed by atoms with van der Waals surface area (Å²) in [5.74, 6) is -0.0529. The van der Waals surface area contributed by atoms with Crippen LogP contribution in [0.4, 0.5) is 0 Å². The Balaban J connectivity index is 1.25. The molecule has 0 aliphatic heterocycles. The lowest BCUT2D eigenvalue weighted by atomic mass is 9.54. The molecule has 2 aliphatic carbocycles. The molecule has 6 rings (SSSR count). The second kappa shape index (κ2) is 8.03. The highest BCUT2D eigenvalue weighted by Gasteiger charge is 2.48. The smallest absolute Gasteiger partial charge is 0.253 e. The number of fused-ring (bicyclic) bond motifs is 1. The quantitative estimate of drug-likeness (QED) is 0.375. The van der Waals surface area contributed by atoms with Crippen LogP contribution in [0.15, 0.2) is 72.9 Å². The molecule has 0 saturated heterocycles. The number of nitrogens with zero attached hydrogens (tertiary/aromatic N) is 2. The predicted molar refractivity (Wildman–Crippen MR) is 132 cm³/mol. The monoisotopic (exact) mass is 455 g/mol. The highest BCUT2D eigenvalue weighted by atomic mass is 35.5. The summed E-state index contributed by atoms with van der Waals surface area (Å²) in [6.45, 7) is 0.590. The molecule has 3 aromatic carbocycles. The number of carbonyl (C=O) groups excluding carboxylic acids is 1. The van der Waals surface area contributed by atoms with E-state index >= 15 is 0 Å². The van der Waals surface area contributed by atoms with Crippen LogP contribution in [0.3, 0.4) is 0 Å². The first-order valence-corrected chi connectivity index (χ1v) is 12.1. The number of hydrogen-bond acceptors (Lipinski definition) is 2. The van der Waals surface area contributed by atoms with Crippen LogP contribution in [-0.4, -0.2) is 21.7 Å². The van der Waals surface area contributed by atoms with Gasteiger partial charge in [-0.3, -0.25) is 9.48 Å². The molecule has 1 aromatic heterocycles. The van der Waals surface area contributed by atoms with Crippen molar-refractivity contribution in [1.82, 2.24) is 15.1 Å². The van der Waals surface area contributed by atoms with Crippen LogP contribution in [0.25, 0.3) is 22.0 Å². The molecule has 2 saturated carbocycles. The summed E-state index contributed by atoms with van der Waals surface area (Å²) < 4.78 is 1.91. The molecule has 0 atom stereocenters. The average Bonchev–Trinajstić information content (AvgIpc) is 3.17. The maximum absolute atomic E-state index is 13.2. The van der Waals surface area contributed by atoms with E-state index in [0.717, 1.165) is 29.3 Å². The predicted octanol–water partition coefficient (Wildman–Crippen LogP) is 6.47. The van der Waals surface area contributed by atoms with E-state index in [9.17, 15) is 4.79 Å². The second-order valence-corrected chi connectivity index (χ2v) is 10.1. The SMILES string of the molecule is O=C(NC1CC2(CCC2)C1)c1cc(Cl)cc2cnn(Cc3ccc(-c4ccccc4)cc3)c12. The van der Waals surface area contributed by atoms with Crippen LogP contribution >= 0.6 is 11.6 Å². The minimum absolute atomic E-state index is 0.0529. The topological polar surface area (TPSA) is 46.9 Å². The lowest BCUT2D eigenvalue weighted by Crippen LogP contribution is -2.53. The lowest BCUT2D eigenvalue weighted by Gasteiger charge is -2.54. The van der Waals surface area contributed by atoms with E-state index in [-0.39, 0.29) is 11.9 Å². The van der Waals surface area contributed by atoms with Gasteiger partial charge in [-0.25, -0.2) is 0 Å². The van der Waals surface area contributed by atoms with Crippen LogP contribution in [0.5, 0.6) is 0 Å². The molecular weight excluding hydrogens is 430 g/mol. The van der Waals surface area contributed by atoms with Crippen LogP contribution in [0.1, 0.15) is 48.0 Å². The van der Waals surface area contributed by atoms with Gasteiger partial charge in [-0.15, -0.1) is 0 Å². The van der Waals surface area contributed by atoms with Crippen LogP contribution in [0.2, 0.25) is 5.02 Å². The fourth-order valence-electron chi connectivity index (χ4n) is 5.53. The largest absolute Gasteiger partial charge is 0.349 e. The Bertz CT molecular complexity index is 1310. The standard InChI is InChI=1S/C28H26ClN3O/c29-23-13-22-17-30-32(18-19-7-9-21(10-8-19)20-5-2-1-3-6-20)26(22)25(14-23)27(33)31-24-15-28(16-24)11-4-12-28/h1-3,5-10,13-14,17,24H,4,11-12,15-16,18H2,(H,31,33). The van der Waals surface area contributed by atoms with Gasteiger partial charge in [-0.1, -0.05) is 72.6 Å². The van der Waals surface area contributed by atoms with E-state index in [0.29, 0.717) is 22.5 Å². The highest BCUT2D eigenvalue weighted by Crippen LogP contribution is 2.55. The van der Waals surface area contributed by atoms with Gasteiger partial charge in [0, 0.05) is 16.5 Å². The molecule has 1 amide bonds. The maximum Gasteiger partial charge on any atom is 0.253 e. The van der Waals surface area contributed by atoms with Crippen molar-refractivity contribution in [2.45, 2.75) is 44.7 Å². The van der Waals surface area contributed by atoms with Crippen molar-refractivity contribution in [3.8, 4) is 11.1 Å². The molecule has 2 aliphatic rings. The van der Waals surface area contributed by atoms with E-state index in [2.05, 4.69) is 46.8 Å². The van der Waals surface area contributed by atoms with Crippen molar-refractivity contribution in [2.24, 2.45) is 5.41 Å². The number of benzene rings is 3. The molecule has 2 fully saturated rings. The van der Waals surface area contributed by atoms with Crippen LogP contribution < -0.4 is 5.32 Å². The van der Waals surface area contributed by atoms with Gasteiger partial charge >= 0.3 is 0 Å². The van der Waals surface area contributed by atoms with Crippen LogP contribution in [-0.2, 0) is 6.54 Å². The average molecular weight is 456 g/mol. The zero-order chi connectivity index (χ0) is 22.4. The second-order valence-electron chi connectivity index (χ2n) is 9.69. The lowest BCUT2D eigenvalue weighted by molar-refractivity contribution is -0.000604. The third-order valence-electron chi connectivity index (χ3n) is 7.44. The molecule has 0 unspecified atom stereocenters. The third kappa shape index (κ3) is 3.83. The summed E-state index contributed by atoms with van der Waals surface area (Å²) >= 11 is 6.36. The normalized spacial score (nSPS) is 17.0. The van der Waals surface area contributed by atoms with Gasteiger partial charge in [-0.2, -0.15) is 5.10 Å². The van der Waals surface area contributed by atoms with Crippen molar-refractivity contribution >= 4 is 28.4 Å².